The van der Waals surface area contributed by atoms with E-state index in [9.17, 15) is 0 Å². The fourth-order valence-corrected chi connectivity index (χ4v) is 1.32. The molecule has 1 nitrogen and oxygen atoms in total. The van der Waals surface area contributed by atoms with Crippen LogP contribution in [-0.2, 0) is 0 Å². The zero-order chi connectivity index (χ0) is 10.6. The number of hydrogen-bond acceptors (Lipinski definition) is 1. The molecule has 14 heavy (non-hydrogen) atoms. The van der Waals surface area contributed by atoms with Crippen molar-refractivity contribution in [2.45, 2.75) is 27.7 Å². The van der Waals surface area contributed by atoms with E-state index in [1.165, 1.54) is 10.9 Å². The Hall–Kier alpha value is -1.37. The van der Waals surface area contributed by atoms with Crippen molar-refractivity contribution < 1.29 is 0 Å². The van der Waals surface area contributed by atoms with Crippen LogP contribution < -0.4 is 0 Å². The van der Waals surface area contributed by atoms with Crippen LogP contribution in [0.25, 0.3) is 10.9 Å². The van der Waals surface area contributed by atoms with Gasteiger partial charge in [0.2, 0.25) is 0 Å². The molecule has 0 aliphatic heterocycles. The van der Waals surface area contributed by atoms with E-state index in [4.69, 9.17) is 0 Å². The van der Waals surface area contributed by atoms with Crippen molar-refractivity contribution in [2.24, 2.45) is 0 Å². The van der Waals surface area contributed by atoms with Crippen LogP contribution >= 0.6 is 0 Å². The highest BCUT2D eigenvalue weighted by Crippen LogP contribution is 2.14. The van der Waals surface area contributed by atoms with Gasteiger partial charge in [0.05, 0.1) is 5.52 Å². The maximum absolute atomic E-state index is 4.48. The summed E-state index contributed by atoms with van der Waals surface area (Å²) in [5.74, 6) is 0. The molecule has 0 aliphatic rings. The number of nitrogens with zero attached hydrogens (tertiary/aromatic N) is 1. The van der Waals surface area contributed by atoms with E-state index in [1.54, 1.807) is 0 Å². The van der Waals surface area contributed by atoms with Crippen LogP contribution in [0.2, 0.25) is 0 Å². The zero-order valence-electron chi connectivity index (χ0n) is 9.33. The quantitative estimate of drug-likeness (QED) is 0.610. The van der Waals surface area contributed by atoms with Crippen molar-refractivity contribution in [1.82, 2.24) is 4.98 Å². The molecule has 0 amide bonds. The van der Waals surface area contributed by atoms with Crippen LogP contribution in [0.3, 0.4) is 0 Å². The molecule has 0 unspecified atom stereocenters. The smallest absolute Gasteiger partial charge is 0.0705 e. The Morgan fingerprint density at radius 1 is 1.00 bits per heavy atom. The first kappa shape index (κ1) is 10.7. The number of fused-ring (bicyclic) bond motifs is 1. The third-order valence-corrected chi connectivity index (χ3v) is 2.17. The Labute approximate surface area is 85.8 Å². The summed E-state index contributed by atoms with van der Waals surface area (Å²) in [6, 6.07) is 10.4. The fourth-order valence-electron chi connectivity index (χ4n) is 1.32. The molecule has 0 radical (unpaired) electrons. The predicted molar refractivity (Wildman–Crippen MR) is 62.6 cm³/mol. The highest BCUT2D eigenvalue weighted by atomic mass is 14.7. The third kappa shape index (κ3) is 2.11. The molecule has 2 aromatic rings. The van der Waals surface area contributed by atoms with Crippen LogP contribution in [0, 0.1) is 13.8 Å². The van der Waals surface area contributed by atoms with E-state index in [1.807, 2.05) is 39.0 Å². The normalized spacial score (nSPS) is 9.43. The standard InChI is InChI=1S/C11H11N.C2H6/c1-8-7-10-5-3-4-6-11(10)12-9(8)2;1-2/h3-7H,1-2H3;1-2H3. The van der Waals surface area contributed by atoms with Crippen LogP contribution in [-0.4, -0.2) is 4.98 Å². The van der Waals surface area contributed by atoms with Crippen LogP contribution in [0.1, 0.15) is 25.1 Å². The number of benzene rings is 1. The Morgan fingerprint density at radius 2 is 1.64 bits per heavy atom. The first-order valence-corrected chi connectivity index (χ1v) is 5.10. The van der Waals surface area contributed by atoms with Gasteiger partial charge >= 0.3 is 0 Å². The minimum absolute atomic E-state index is 1.08. The summed E-state index contributed by atoms with van der Waals surface area (Å²) >= 11 is 0. The van der Waals surface area contributed by atoms with E-state index in [0.717, 1.165) is 11.2 Å². The SMILES string of the molecule is CC.Cc1cc2ccccc2nc1C. The molecular weight excluding hydrogens is 170 g/mol. The molecule has 0 fully saturated rings. The molecule has 0 bridgehead atoms. The highest BCUT2D eigenvalue weighted by Gasteiger charge is 1.96. The molecular formula is C13H17N. The lowest BCUT2D eigenvalue weighted by molar-refractivity contribution is 1.20. The lowest BCUT2D eigenvalue weighted by Gasteiger charge is -2.01. The first-order valence-electron chi connectivity index (χ1n) is 5.10. The van der Waals surface area contributed by atoms with Gasteiger partial charge in [-0.3, -0.25) is 4.98 Å². The summed E-state index contributed by atoms with van der Waals surface area (Å²) in [6.07, 6.45) is 0. The van der Waals surface area contributed by atoms with Gasteiger partial charge < -0.3 is 0 Å². The molecule has 1 heterocycles. The second kappa shape index (κ2) is 4.75. The van der Waals surface area contributed by atoms with Crippen molar-refractivity contribution in [3.05, 3.63) is 41.6 Å². The minimum Gasteiger partial charge on any atom is -0.253 e. The topological polar surface area (TPSA) is 12.9 Å². The summed E-state index contributed by atoms with van der Waals surface area (Å²) in [5, 5.41) is 1.22. The molecule has 0 aliphatic carbocycles. The Balaban J connectivity index is 0.000000461. The number of pyridine rings is 1. The molecule has 0 N–H and O–H groups in total. The number of aromatic nitrogens is 1. The van der Waals surface area contributed by atoms with Gasteiger partial charge in [-0.05, 0) is 31.5 Å². The van der Waals surface area contributed by atoms with Crippen LogP contribution in [0.15, 0.2) is 30.3 Å². The van der Waals surface area contributed by atoms with Crippen LogP contribution in [0.4, 0.5) is 0 Å². The van der Waals surface area contributed by atoms with Crippen molar-refractivity contribution in [3.63, 3.8) is 0 Å². The van der Waals surface area contributed by atoms with Gasteiger partial charge in [-0.2, -0.15) is 0 Å². The summed E-state index contributed by atoms with van der Waals surface area (Å²) in [7, 11) is 0. The number of rotatable bonds is 0. The molecule has 1 heteroatoms. The average Bonchev–Trinajstić information content (AvgIpc) is 2.23. The van der Waals surface area contributed by atoms with Crippen molar-refractivity contribution >= 4 is 10.9 Å². The number of hydrogen-bond donors (Lipinski definition) is 0. The summed E-state index contributed by atoms with van der Waals surface area (Å²) in [4.78, 5) is 4.48. The van der Waals surface area contributed by atoms with Crippen LogP contribution in [0.5, 0.6) is 0 Å². The first-order chi connectivity index (χ1) is 6.77. The van der Waals surface area contributed by atoms with E-state index in [-0.39, 0.29) is 0 Å². The van der Waals surface area contributed by atoms with Gasteiger partial charge in [0.1, 0.15) is 0 Å². The average molecular weight is 187 g/mol. The lowest BCUT2D eigenvalue weighted by Crippen LogP contribution is -1.87. The molecule has 2 rings (SSSR count). The molecule has 0 atom stereocenters. The Kier molecular flexibility index (Phi) is 3.63. The zero-order valence-corrected chi connectivity index (χ0v) is 9.33. The second-order valence-electron chi connectivity index (χ2n) is 3.08. The van der Waals surface area contributed by atoms with Gasteiger partial charge in [-0.25, -0.2) is 0 Å². The molecule has 0 saturated carbocycles. The maximum atomic E-state index is 4.48. The second-order valence-corrected chi connectivity index (χ2v) is 3.08. The molecule has 1 aromatic heterocycles. The predicted octanol–water partition coefficient (Wildman–Crippen LogP) is 3.88. The van der Waals surface area contributed by atoms with Gasteiger partial charge in [-0.1, -0.05) is 32.0 Å². The molecule has 1 aromatic carbocycles. The molecule has 0 spiro atoms. The van der Waals surface area contributed by atoms with Gasteiger partial charge in [0.15, 0.2) is 0 Å². The van der Waals surface area contributed by atoms with Gasteiger partial charge in [-0.15, -0.1) is 0 Å². The maximum Gasteiger partial charge on any atom is 0.0705 e. The number of para-hydroxylation sites is 1. The van der Waals surface area contributed by atoms with E-state index < -0.39 is 0 Å². The molecule has 74 valence electrons. The minimum atomic E-state index is 1.08. The van der Waals surface area contributed by atoms with Crippen molar-refractivity contribution in [1.29, 1.82) is 0 Å². The monoisotopic (exact) mass is 187 g/mol. The van der Waals surface area contributed by atoms with Gasteiger partial charge in [0, 0.05) is 11.1 Å². The fraction of sp³-hybridized carbons (Fsp3) is 0.308. The summed E-state index contributed by atoms with van der Waals surface area (Å²) in [6.45, 7) is 8.14. The van der Waals surface area contributed by atoms with E-state index >= 15 is 0 Å². The van der Waals surface area contributed by atoms with E-state index in [2.05, 4.69) is 24.0 Å². The van der Waals surface area contributed by atoms with E-state index in [0.29, 0.717) is 0 Å². The summed E-state index contributed by atoms with van der Waals surface area (Å²) in [5.41, 5.74) is 3.46. The largest absolute Gasteiger partial charge is 0.253 e. The molecule has 0 saturated heterocycles. The lowest BCUT2D eigenvalue weighted by atomic mass is 10.1. The van der Waals surface area contributed by atoms with Crippen molar-refractivity contribution in [2.75, 3.05) is 0 Å². The Bertz CT molecular complexity index is 378. The third-order valence-electron chi connectivity index (χ3n) is 2.17. The summed E-state index contributed by atoms with van der Waals surface area (Å²) < 4.78 is 0. The van der Waals surface area contributed by atoms with Crippen molar-refractivity contribution in [3.8, 4) is 0 Å². The highest BCUT2D eigenvalue weighted by molar-refractivity contribution is 5.79. The Morgan fingerprint density at radius 3 is 2.36 bits per heavy atom. The van der Waals surface area contributed by atoms with Gasteiger partial charge in [0.25, 0.3) is 0 Å². The number of aryl methyl sites for hydroxylation is 2.